The Morgan fingerprint density at radius 1 is 0.914 bits per heavy atom. The van der Waals surface area contributed by atoms with Gasteiger partial charge in [0.05, 0.1) is 4.90 Å². The lowest BCUT2D eigenvalue weighted by Gasteiger charge is -2.22. The van der Waals surface area contributed by atoms with Crippen LogP contribution in [0, 0.1) is 13.8 Å². The van der Waals surface area contributed by atoms with E-state index in [0.717, 1.165) is 27.6 Å². The monoisotopic (exact) mass is 488 g/mol. The SMILES string of the molecule is CC(=O)c1ccc(S(=O)(=O)N(CCc2ccccc2)Cc2cc3cc(C)c(C)cc3[nH]c2=O)cc1. The van der Waals surface area contributed by atoms with Crippen LogP contribution < -0.4 is 5.56 Å². The Kier molecular flexibility index (Phi) is 7.00. The molecule has 0 aliphatic rings. The maximum Gasteiger partial charge on any atom is 0.252 e. The summed E-state index contributed by atoms with van der Waals surface area (Å²) in [5.74, 6) is -0.136. The van der Waals surface area contributed by atoms with E-state index in [9.17, 15) is 18.0 Å². The number of fused-ring (bicyclic) bond motifs is 1. The summed E-state index contributed by atoms with van der Waals surface area (Å²) in [6.07, 6.45) is 0.495. The molecule has 0 unspecified atom stereocenters. The van der Waals surface area contributed by atoms with Crippen molar-refractivity contribution >= 4 is 26.7 Å². The van der Waals surface area contributed by atoms with Gasteiger partial charge in [-0.05, 0) is 79.6 Å². The van der Waals surface area contributed by atoms with Crippen molar-refractivity contribution in [2.24, 2.45) is 0 Å². The van der Waals surface area contributed by atoms with Crippen molar-refractivity contribution in [2.45, 2.75) is 38.6 Å². The zero-order chi connectivity index (χ0) is 25.2. The standard InChI is InChI=1S/C28H28N2O4S/c1-19-15-24-17-25(28(32)29-27(24)16-20(19)2)18-30(14-13-22-7-5-4-6-8-22)35(33,34)26-11-9-23(10-12-26)21(3)31/h4-12,15-17H,13-14,18H2,1-3H3,(H,29,32). The molecular weight excluding hydrogens is 460 g/mol. The number of benzene rings is 3. The predicted molar refractivity (Wildman–Crippen MR) is 138 cm³/mol. The maximum atomic E-state index is 13.6. The first-order chi connectivity index (χ1) is 16.6. The topological polar surface area (TPSA) is 87.3 Å². The molecule has 1 aromatic heterocycles. The number of nitrogens with zero attached hydrogens (tertiary/aromatic N) is 1. The number of sulfonamides is 1. The fraction of sp³-hybridized carbons (Fsp3) is 0.214. The molecule has 1 heterocycles. The van der Waals surface area contributed by atoms with Gasteiger partial charge in [0.15, 0.2) is 5.78 Å². The lowest BCUT2D eigenvalue weighted by molar-refractivity contribution is 0.101. The summed E-state index contributed by atoms with van der Waals surface area (Å²) in [7, 11) is -3.93. The lowest BCUT2D eigenvalue weighted by Crippen LogP contribution is -2.34. The van der Waals surface area contributed by atoms with E-state index in [4.69, 9.17) is 0 Å². The van der Waals surface area contributed by atoms with Gasteiger partial charge in [-0.15, -0.1) is 0 Å². The van der Waals surface area contributed by atoms with E-state index in [1.54, 1.807) is 6.07 Å². The number of rotatable bonds is 8. The van der Waals surface area contributed by atoms with E-state index in [0.29, 0.717) is 17.5 Å². The number of carbonyl (C=O) groups is 1. The second kappa shape index (κ2) is 9.98. The number of aromatic amines is 1. The Morgan fingerprint density at radius 3 is 2.23 bits per heavy atom. The minimum atomic E-state index is -3.93. The molecular formula is C28H28N2O4S. The molecule has 0 atom stereocenters. The molecule has 0 saturated carbocycles. The fourth-order valence-corrected chi connectivity index (χ4v) is 5.44. The minimum Gasteiger partial charge on any atom is -0.322 e. The highest BCUT2D eigenvalue weighted by Crippen LogP contribution is 2.22. The molecule has 3 aromatic carbocycles. The number of hydrogen-bond acceptors (Lipinski definition) is 4. The Hall–Kier alpha value is -3.55. The zero-order valence-electron chi connectivity index (χ0n) is 20.0. The molecule has 4 rings (SSSR count). The van der Waals surface area contributed by atoms with Gasteiger partial charge in [0.2, 0.25) is 10.0 Å². The molecule has 0 fully saturated rings. The van der Waals surface area contributed by atoms with Gasteiger partial charge in [-0.1, -0.05) is 42.5 Å². The first-order valence-electron chi connectivity index (χ1n) is 11.4. The van der Waals surface area contributed by atoms with Gasteiger partial charge < -0.3 is 4.98 Å². The van der Waals surface area contributed by atoms with Gasteiger partial charge in [0.25, 0.3) is 5.56 Å². The van der Waals surface area contributed by atoms with Crippen molar-refractivity contribution in [2.75, 3.05) is 6.54 Å². The third kappa shape index (κ3) is 5.42. The second-order valence-corrected chi connectivity index (χ2v) is 10.7. The number of nitrogens with one attached hydrogen (secondary N) is 1. The summed E-state index contributed by atoms with van der Waals surface area (Å²) in [6.45, 7) is 5.55. The second-order valence-electron chi connectivity index (χ2n) is 8.80. The van der Waals surface area contributed by atoms with E-state index in [-0.39, 0.29) is 29.3 Å². The lowest BCUT2D eigenvalue weighted by atomic mass is 10.0. The molecule has 6 nitrogen and oxygen atoms in total. The number of aromatic nitrogens is 1. The maximum absolute atomic E-state index is 13.6. The summed E-state index contributed by atoms with van der Waals surface area (Å²) in [5.41, 5.74) is 4.39. The van der Waals surface area contributed by atoms with Gasteiger partial charge in [0.1, 0.15) is 0 Å². The number of Topliss-reactive ketones (excluding diaryl/α,β-unsaturated/α-hetero) is 1. The van der Waals surface area contributed by atoms with Crippen LogP contribution in [0.4, 0.5) is 0 Å². The van der Waals surface area contributed by atoms with Crippen LogP contribution in [0.3, 0.4) is 0 Å². The molecule has 0 bridgehead atoms. The molecule has 7 heteroatoms. The third-order valence-corrected chi connectivity index (χ3v) is 8.13. The van der Waals surface area contributed by atoms with Crippen molar-refractivity contribution in [1.29, 1.82) is 0 Å². The normalized spacial score (nSPS) is 11.8. The number of carbonyl (C=O) groups excluding carboxylic acids is 1. The highest BCUT2D eigenvalue weighted by atomic mass is 32.2. The van der Waals surface area contributed by atoms with Crippen molar-refractivity contribution < 1.29 is 13.2 Å². The molecule has 0 aliphatic heterocycles. The van der Waals surface area contributed by atoms with E-state index < -0.39 is 10.0 Å². The molecule has 4 aromatic rings. The summed E-state index contributed by atoms with van der Waals surface area (Å²) >= 11 is 0. The van der Waals surface area contributed by atoms with E-state index >= 15 is 0 Å². The predicted octanol–water partition coefficient (Wildman–Crippen LogP) is 4.78. The highest BCUT2D eigenvalue weighted by Gasteiger charge is 2.26. The van der Waals surface area contributed by atoms with Crippen LogP contribution in [0.5, 0.6) is 0 Å². The van der Waals surface area contributed by atoms with Crippen LogP contribution in [0.1, 0.15) is 39.5 Å². The van der Waals surface area contributed by atoms with Gasteiger partial charge in [-0.2, -0.15) is 4.31 Å². The Balaban J connectivity index is 1.72. The molecule has 0 spiro atoms. The summed E-state index contributed by atoms with van der Waals surface area (Å²) in [4.78, 5) is 27.5. The van der Waals surface area contributed by atoms with Crippen LogP contribution in [-0.2, 0) is 23.0 Å². The number of aryl methyl sites for hydroxylation is 2. The first kappa shape index (κ1) is 24.6. The quantitative estimate of drug-likeness (QED) is 0.362. The highest BCUT2D eigenvalue weighted by molar-refractivity contribution is 7.89. The van der Waals surface area contributed by atoms with E-state index in [1.807, 2.05) is 56.3 Å². The van der Waals surface area contributed by atoms with Crippen LogP contribution >= 0.6 is 0 Å². The molecule has 0 amide bonds. The fourth-order valence-electron chi connectivity index (χ4n) is 4.02. The summed E-state index contributed by atoms with van der Waals surface area (Å²) in [6, 6.07) is 21.2. The smallest absolute Gasteiger partial charge is 0.252 e. The minimum absolute atomic E-state index is 0.0676. The molecule has 0 saturated heterocycles. The van der Waals surface area contributed by atoms with Crippen molar-refractivity contribution in [3.8, 4) is 0 Å². The van der Waals surface area contributed by atoms with Gasteiger partial charge >= 0.3 is 0 Å². The van der Waals surface area contributed by atoms with Crippen molar-refractivity contribution in [1.82, 2.24) is 9.29 Å². The Bertz CT molecular complexity index is 1540. The Labute approximate surface area is 205 Å². The van der Waals surface area contributed by atoms with E-state index in [1.165, 1.54) is 35.5 Å². The number of pyridine rings is 1. The van der Waals surface area contributed by atoms with Gasteiger partial charge in [-0.25, -0.2) is 8.42 Å². The average Bonchev–Trinajstić information content (AvgIpc) is 2.83. The van der Waals surface area contributed by atoms with Crippen LogP contribution in [0.25, 0.3) is 10.9 Å². The van der Waals surface area contributed by atoms with Crippen molar-refractivity contribution in [3.63, 3.8) is 0 Å². The molecule has 35 heavy (non-hydrogen) atoms. The first-order valence-corrected chi connectivity index (χ1v) is 12.9. The van der Waals surface area contributed by atoms with Gasteiger partial charge in [0, 0.05) is 29.7 Å². The largest absolute Gasteiger partial charge is 0.322 e. The summed E-state index contributed by atoms with van der Waals surface area (Å²) in [5, 5.41) is 0.855. The number of ketones is 1. The van der Waals surface area contributed by atoms with Crippen LogP contribution in [0.2, 0.25) is 0 Å². The molecule has 0 aliphatic carbocycles. The van der Waals surface area contributed by atoms with Crippen LogP contribution in [0.15, 0.2) is 82.5 Å². The molecule has 0 radical (unpaired) electrons. The number of hydrogen-bond donors (Lipinski definition) is 1. The summed E-state index contributed by atoms with van der Waals surface area (Å²) < 4.78 is 28.6. The average molecular weight is 489 g/mol. The van der Waals surface area contributed by atoms with Crippen LogP contribution in [-0.4, -0.2) is 30.0 Å². The number of H-pyrrole nitrogens is 1. The third-order valence-electron chi connectivity index (χ3n) is 6.27. The van der Waals surface area contributed by atoms with E-state index in [2.05, 4.69) is 4.98 Å². The zero-order valence-corrected chi connectivity index (χ0v) is 20.9. The van der Waals surface area contributed by atoms with Crippen molar-refractivity contribution in [3.05, 3.63) is 111 Å². The Morgan fingerprint density at radius 2 is 1.57 bits per heavy atom. The molecule has 1 N–H and O–H groups in total. The van der Waals surface area contributed by atoms with Gasteiger partial charge in [-0.3, -0.25) is 9.59 Å². The molecule has 180 valence electrons.